The Morgan fingerprint density at radius 1 is 0.765 bits per heavy atom. The van der Waals surface area contributed by atoms with Crippen LogP contribution in [0.15, 0.2) is 30.3 Å². The molecule has 5 N–H and O–H groups in total. The fourth-order valence-corrected chi connectivity index (χ4v) is 7.55. The van der Waals surface area contributed by atoms with E-state index in [1.165, 1.54) is 36.0 Å². The number of nitrogens with zero attached hydrogens (tertiary/aromatic N) is 2. The van der Waals surface area contributed by atoms with Gasteiger partial charge in [-0.15, -0.1) is 0 Å². The highest BCUT2D eigenvalue weighted by molar-refractivity contribution is 5.97. The number of hydrogen-bond donors (Lipinski definition) is 5. The molecule has 13 nitrogen and oxygen atoms in total. The maximum absolute atomic E-state index is 14.2. The molecule has 0 spiro atoms. The molecule has 0 aromatic heterocycles. The minimum atomic E-state index is -1.17. The Balaban J connectivity index is 1.40. The second kappa shape index (κ2) is 19.6. The Labute approximate surface area is 302 Å². The molecular weight excluding hydrogens is 652 g/mol. The topological polar surface area (TPSA) is 177 Å². The Morgan fingerprint density at radius 3 is 2.04 bits per heavy atom. The number of aliphatic hydroxyl groups excluding tert-OH is 1. The van der Waals surface area contributed by atoms with Crippen LogP contribution in [-0.4, -0.2) is 100 Å². The number of carbonyl (C=O) groups excluding carboxylic acids is 6. The number of likely N-dealkylation sites (tertiary alicyclic amines) is 2. The van der Waals surface area contributed by atoms with Crippen molar-refractivity contribution in [2.75, 3.05) is 19.6 Å². The summed E-state index contributed by atoms with van der Waals surface area (Å²) in [6.07, 6.45) is 9.33. The van der Waals surface area contributed by atoms with Crippen LogP contribution in [0.2, 0.25) is 0 Å². The van der Waals surface area contributed by atoms with Gasteiger partial charge in [-0.3, -0.25) is 28.8 Å². The second-order valence-corrected chi connectivity index (χ2v) is 14.4. The van der Waals surface area contributed by atoms with Crippen LogP contribution in [0.3, 0.4) is 0 Å². The number of carbonyl (C=O) groups is 6. The van der Waals surface area contributed by atoms with Crippen molar-refractivity contribution in [2.45, 2.75) is 141 Å². The fraction of sp³-hybridized carbons (Fsp3) is 0.684. The van der Waals surface area contributed by atoms with Gasteiger partial charge < -0.3 is 36.2 Å². The highest BCUT2D eigenvalue weighted by Crippen LogP contribution is 2.28. The molecule has 0 radical (unpaired) electrons. The second-order valence-electron chi connectivity index (χ2n) is 14.4. The number of nitrogens with one attached hydrogen (secondary N) is 4. The predicted octanol–water partition coefficient (Wildman–Crippen LogP) is 2.47. The highest BCUT2D eigenvalue weighted by atomic mass is 16.3. The first-order valence-electron chi connectivity index (χ1n) is 19.0. The molecule has 2 aliphatic heterocycles. The first-order valence-corrected chi connectivity index (χ1v) is 19.0. The molecule has 6 amide bonds. The summed E-state index contributed by atoms with van der Waals surface area (Å²) in [7, 11) is 0. The first kappa shape index (κ1) is 39.8. The molecule has 2 saturated heterocycles. The molecule has 51 heavy (non-hydrogen) atoms. The third-order valence-corrected chi connectivity index (χ3v) is 10.5. The molecule has 282 valence electrons. The number of rotatable bonds is 15. The normalized spacial score (nSPS) is 21.9. The highest BCUT2D eigenvalue weighted by Gasteiger charge is 2.41. The van der Waals surface area contributed by atoms with Gasteiger partial charge in [0.05, 0.1) is 6.10 Å². The molecule has 2 heterocycles. The summed E-state index contributed by atoms with van der Waals surface area (Å²) in [5.74, 6) is -2.00. The van der Waals surface area contributed by atoms with E-state index in [-0.39, 0.29) is 11.8 Å². The van der Waals surface area contributed by atoms with E-state index in [4.69, 9.17) is 0 Å². The Morgan fingerprint density at radius 2 is 1.37 bits per heavy atom. The third-order valence-electron chi connectivity index (χ3n) is 10.5. The molecule has 6 atom stereocenters. The van der Waals surface area contributed by atoms with Crippen molar-refractivity contribution in [3.05, 3.63) is 35.9 Å². The van der Waals surface area contributed by atoms with Crippen LogP contribution >= 0.6 is 0 Å². The first-order chi connectivity index (χ1) is 24.5. The fourth-order valence-electron chi connectivity index (χ4n) is 7.55. The van der Waals surface area contributed by atoms with Crippen molar-refractivity contribution in [2.24, 2.45) is 5.92 Å². The standard InChI is InChI=1S/C38H58N6O7/c1-4-22-39-36(49)32(26(3)45)42-35(48)30-19-13-24-43(30)37(50)25(2)40-34(47)29-18-11-12-23-44(29)38(51)33(28-16-9-6-10-17-28)41-31(46)21-20-27-14-7-5-8-15-27/h6,9-10,16-17,25-27,29-30,32-33,45H,4-5,7-8,11-15,18-24H2,1-3H3,(H,39,49)(H,40,47)(H,41,46)(H,42,48)/t25-,26+,29-,30-,32-,33-/m0/s1. The Hall–Kier alpha value is -4.00. The van der Waals surface area contributed by atoms with Gasteiger partial charge in [-0.1, -0.05) is 69.4 Å². The Kier molecular flexibility index (Phi) is 15.3. The predicted molar refractivity (Wildman–Crippen MR) is 192 cm³/mol. The average Bonchev–Trinajstić information content (AvgIpc) is 3.64. The van der Waals surface area contributed by atoms with Gasteiger partial charge in [0.1, 0.15) is 30.2 Å². The zero-order valence-corrected chi connectivity index (χ0v) is 30.5. The van der Waals surface area contributed by atoms with Gasteiger partial charge in [-0.25, -0.2) is 0 Å². The number of benzene rings is 1. The van der Waals surface area contributed by atoms with Gasteiger partial charge in [-0.2, -0.15) is 0 Å². The van der Waals surface area contributed by atoms with Crippen LogP contribution in [0.5, 0.6) is 0 Å². The summed E-state index contributed by atoms with van der Waals surface area (Å²) in [6.45, 7) is 5.90. The number of hydrogen-bond acceptors (Lipinski definition) is 7. The van der Waals surface area contributed by atoms with Gasteiger partial charge >= 0.3 is 0 Å². The summed E-state index contributed by atoms with van der Waals surface area (Å²) >= 11 is 0. The van der Waals surface area contributed by atoms with E-state index in [9.17, 15) is 33.9 Å². The summed E-state index contributed by atoms with van der Waals surface area (Å²) in [5.41, 5.74) is 0.640. The van der Waals surface area contributed by atoms with Gasteiger partial charge in [-0.05, 0) is 70.3 Å². The zero-order chi connectivity index (χ0) is 36.9. The van der Waals surface area contributed by atoms with Gasteiger partial charge in [0.2, 0.25) is 35.4 Å². The van der Waals surface area contributed by atoms with E-state index in [1.54, 1.807) is 19.1 Å². The molecular formula is C38H58N6O7. The molecule has 4 rings (SSSR count). The lowest BCUT2D eigenvalue weighted by Gasteiger charge is -2.38. The number of piperidine rings is 1. The summed E-state index contributed by atoms with van der Waals surface area (Å²) in [5, 5.41) is 21.2. The zero-order valence-electron chi connectivity index (χ0n) is 30.5. The van der Waals surface area contributed by atoms with Crippen LogP contribution in [0.4, 0.5) is 0 Å². The van der Waals surface area contributed by atoms with Gasteiger partial charge in [0.15, 0.2) is 0 Å². The largest absolute Gasteiger partial charge is 0.391 e. The maximum Gasteiger partial charge on any atom is 0.250 e. The van der Waals surface area contributed by atoms with Crippen LogP contribution in [0.1, 0.15) is 116 Å². The molecule has 1 aromatic carbocycles. The summed E-state index contributed by atoms with van der Waals surface area (Å²) in [4.78, 5) is 83.6. The van der Waals surface area contributed by atoms with E-state index in [1.807, 2.05) is 25.1 Å². The van der Waals surface area contributed by atoms with E-state index >= 15 is 0 Å². The van der Waals surface area contributed by atoms with E-state index in [0.29, 0.717) is 69.6 Å². The SMILES string of the molecule is CCCNC(=O)[C@@H](NC(=O)[C@@H]1CCCN1C(=O)[C@H](C)NC(=O)[C@@H]1CCCCN1C(=O)[C@@H](NC(=O)CCC1CCCCC1)c1ccccc1)[C@@H](C)O. The van der Waals surface area contributed by atoms with Crippen LogP contribution in [0.25, 0.3) is 0 Å². The average molecular weight is 711 g/mol. The van der Waals surface area contributed by atoms with Crippen molar-refractivity contribution in [1.29, 1.82) is 0 Å². The van der Waals surface area contributed by atoms with Crippen molar-refractivity contribution < 1.29 is 33.9 Å². The molecule has 1 aromatic rings. The van der Waals surface area contributed by atoms with Gasteiger partial charge in [0.25, 0.3) is 0 Å². The van der Waals surface area contributed by atoms with Crippen LogP contribution in [-0.2, 0) is 28.8 Å². The molecule has 3 fully saturated rings. The molecule has 3 aliphatic rings. The van der Waals surface area contributed by atoms with Crippen molar-refractivity contribution in [3.8, 4) is 0 Å². The number of amides is 6. The minimum absolute atomic E-state index is 0.189. The van der Waals surface area contributed by atoms with Crippen molar-refractivity contribution in [3.63, 3.8) is 0 Å². The summed E-state index contributed by atoms with van der Waals surface area (Å²) in [6, 6.07) is 4.26. The lowest BCUT2D eigenvalue weighted by molar-refractivity contribution is -0.147. The molecule has 13 heteroatoms. The lowest BCUT2D eigenvalue weighted by Crippen LogP contribution is -2.60. The van der Waals surface area contributed by atoms with Crippen LogP contribution in [0, 0.1) is 5.92 Å². The molecule has 1 aliphatic carbocycles. The third kappa shape index (κ3) is 11.0. The van der Waals surface area contributed by atoms with E-state index < -0.39 is 59.9 Å². The van der Waals surface area contributed by atoms with Crippen molar-refractivity contribution in [1.82, 2.24) is 31.1 Å². The van der Waals surface area contributed by atoms with Crippen LogP contribution < -0.4 is 21.3 Å². The molecule has 1 saturated carbocycles. The molecule has 0 unspecified atom stereocenters. The lowest BCUT2D eigenvalue weighted by atomic mass is 9.86. The minimum Gasteiger partial charge on any atom is -0.391 e. The van der Waals surface area contributed by atoms with Crippen molar-refractivity contribution >= 4 is 35.4 Å². The number of aliphatic hydroxyl groups is 1. The Bertz CT molecular complexity index is 1350. The molecule has 0 bridgehead atoms. The monoisotopic (exact) mass is 710 g/mol. The van der Waals surface area contributed by atoms with E-state index in [2.05, 4.69) is 21.3 Å². The maximum atomic E-state index is 14.2. The van der Waals surface area contributed by atoms with Gasteiger partial charge in [0, 0.05) is 26.1 Å². The smallest absolute Gasteiger partial charge is 0.250 e. The summed E-state index contributed by atoms with van der Waals surface area (Å²) < 4.78 is 0. The van der Waals surface area contributed by atoms with E-state index in [0.717, 1.165) is 25.7 Å². The quantitative estimate of drug-likeness (QED) is 0.186.